The number of anilines is 1. The summed E-state index contributed by atoms with van der Waals surface area (Å²) in [5.41, 5.74) is 2.01. The van der Waals surface area contributed by atoms with E-state index in [0.29, 0.717) is 13.0 Å². The highest BCUT2D eigenvalue weighted by molar-refractivity contribution is 5.90. The molecule has 138 valence electrons. The van der Waals surface area contributed by atoms with Gasteiger partial charge in [-0.05, 0) is 49.0 Å². The fourth-order valence-electron chi connectivity index (χ4n) is 2.72. The van der Waals surface area contributed by atoms with Crippen molar-refractivity contribution in [2.75, 3.05) is 18.9 Å². The van der Waals surface area contributed by atoms with Gasteiger partial charge in [-0.15, -0.1) is 0 Å². The third-order valence-corrected chi connectivity index (χ3v) is 4.13. The molecule has 0 fully saturated rings. The maximum atomic E-state index is 12.2. The zero-order chi connectivity index (χ0) is 18.9. The van der Waals surface area contributed by atoms with E-state index < -0.39 is 0 Å². The lowest BCUT2D eigenvalue weighted by molar-refractivity contribution is -0.116. The number of nitrogens with one attached hydrogen (secondary N) is 1. The number of para-hydroxylation sites is 1. The maximum absolute atomic E-state index is 12.2. The number of nitrogens with zero attached hydrogens (tertiary/aromatic N) is 1. The van der Waals surface area contributed by atoms with Crippen molar-refractivity contribution in [3.05, 3.63) is 90.5 Å². The monoisotopic (exact) mass is 360 g/mol. The number of amides is 1. The number of carbonyl (C=O) groups is 1. The SMILES string of the molecule is CN(CCC(=O)Nc1ccc(Oc2ccccc2)cc1)Cc1ccccc1. The van der Waals surface area contributed by atoms with E-state index in [1.54, 1.807) is 0 Å². The molecule has 1 amide bonds. The summed E-state index contributed by atoms with van der Waals surface area (Å²) in [4.78, 5) is 14.3. The molecule has 0 heterocycles. The highest BCUT2D eigenvalue weighted by atomic mass is 16.5. The van der Waals surface area contributed by atoms with Crippen molar-refractivity contribution >= 4 is 11.6 Å². The smallest absolute Gasteiger partial charge is 0.225 e. The summed E-state index contributed by atoms with van der Waals surface area (Å²) in [5, 5.41) is 2.93. The summed E-state index contributed by atoms with van der Waals surface area (Å²) in [6.45, 7) is 1.54. The number of ether oxygens (including phenoxy) is 1. The average Bonchev–Trinajstić information content (AvgIpc) is 2.70. The van der Waals surface area contributed by atoms with Crippen LogP contribution in [0.25, 0.3) is 0 Å². The number of hydrogen-bond donors (Lipinski definition) is 1. The molecule has 0 saturated heterocycles. The van der Waals surface area contributed by atoms with Crippen LogP contribution in [0.5, 0.6) is 11.5 Å². The summed E-state index contributed by atoms with van der Waals surface area (Å²) >= 11 is 0. The Hall–Kier alpha value is -3.11. The lowest BCUT2D eigenvalue weighted by Gasteiger charge is -2.16. The van der Waals surface area contributed by atoms with Crippen molar-refractivity contribution in [3.8, 4) is 11.5 Å². The lowest BCUT2D eigenvalue weighted by Crippen LogP contribution is -2.24. The Morgan fingerprint density at radius 1 is 0.852 bits per heavy atom. The van der Waals surface area contributed by atoms with Gasteiger partial charge in [-0.2, -0.15) is 0 Å². The van der Waals surface area contributed by atoms with Gasteiger partial charge >= 0.3 is 0 Å². The second-order valence-corrected chi connectivity index (χ2v) is 6.46. The molecule has 3 rings (SSSR count). The Morgan fingerprint density at radius 3 is 2.11 bits per heavy atom. The molecule has 0 saturated carbocycles. The summed E-state index contributed by atoms with van der Waals surface area (Å²) in [5.74, 6) is 1.53. The van der Waals surface area contributed by atoms with Crippen LogP contribution in [0.1, 0.15) is 12.0 Å². The van der Waals surface area contributed by atoms with E-state index in [4.69, 9.17) is 4.74 Å². The van der Waals surface area contributed by atoms with Crippen molar-refractivity contribution in [2.45, 2.75) is 13.0 Å². The van der Waals surface area contributed by atoms with Crippen LogP contribution in [0, 0.1) is 0 Å². The van der Waals surface area contributed by atoms with Crippen LogP contribution in [0.4, 0.5) is 5.69 Å². The van der Waals surface area contributed by atoms with E-state index >= 15 is 0 Å². The average molecular weight is 360 g/mol. The Morgan fingerprint density at radius 2 is 1.44 bits per heavy atom. The number of hydrogen-bond acceptors (Lipinski definition) is 3. The van der Waals surface area contributed by atoms with Gasteiger partial charge in [0.15, 0.2) is 0 Å². The topological polar surface area (TPSA) is 41.6 Å². The third-order valence-electron chi connectivity index (χ3n) is 4.13. The zero-order valence-electron chi connectivity index (χ0n) is 15.5. The van der Waals surface area contributed by atoms with E-state index in [9.17, 15) is 4.79 Å². The van der Waals surface area contributed by atoms with E-state index in [2.05, 4.69) is 22.3 Å². The molecule has 0 spiro atoms. The van der Waals surface area contributed by atoms with Gasteiger partial charge in [0.2, 0.25) is 5.91 Å². The third kappa shape index (κ3) is 6.28. The molecular formula is C23H24N2O2. The van der Waals surface area contributed by atoms with Crippen LogP contribution in [0.15, 0.2) is 84.9 Å². The van der Waals surface area contributed by atoms with Crippen molar-refractivity contribution in [3.63, 3.8) is 0 Å². The number of rotatable bonds is 8. The van der Waals surface area contributed by atoms with Gasteiger partial charge in [0.05, 0.1) is 0 Å². The molecule has 3 aromatic carbocycles. The van der Waals surface area contributed by atoms with Crippen LogP contribution in [-0.2, 0) is 11.3 Å². The minimum Gasteiger partial charge on any atom is -0.457 e. The summed E-state index contributed by atoms with van der Waals surface area (Å²) in [7, 11) is 2.02. The Kier molecular flexibility index (Phi) is 6.61. The Balaban J connectivity index is 1.43. The molecule has 1 N–H and O–H groups in total. The van der Waals surface area contributed by atoms with E-state index in [-0.39, 0.29) is 5.91 Å². The minimum atomic E-state index is 0.00615. The van der Waals surface area contributed by atoms with Gasteiger partial charge in [0.1, 0.15) is 11.5 Å². The first kappa shape index (κ1) is 18.7. The summed E-state index contributed by atoms with van der Waals surface area (Å²) in [6.07, 6.45) is 0.450. The zero-order valence-corrected chi connectivity index (χ0v) is 15.5. The van der Waals surface area contributed by atoms with Crippen molar-refractivity contribution < 1.29 is 9.53 Å². The van der Waals surface area contributed by atoms with Crippen molar-refractivity contribution in [1.82, 2.24) is 4.90 Å². The van der Waals surface area contributed by atoms with Gasteiger partial charge in [0, 0.05) is 25.2 Å². The summed E-state index contributed by atoms with van der Waals surface area (Å²) < 4.78 is 5.75. The molecular weight excluding hydrogens is 336 g/mol. The second-order valence-electron chi connectivity index (χ2n) is 6.46. The molecule has 4 nitrogen and oxygen atoms in total. The molecule has 0 unspecified atom stereocenters. The molecule has 0 aromatic heterocycles. The van der Waals surface area contributed by atoms with Gasteiger partial charge < -0.3 is 15.0 Å². The van der Waals surface area contributed by atoms with Gasteiger partial charge in [-0.1, -0.05) is 48.5 Å². The van der Waals surface area contributed by atoms with Crippen LogP contribution in [0.2, 0.25) is 0 Å². The first-order chi connectivity index (χ1) is 13.2. The van der Waals surface area contributed by atoms with Crippen LogP contribution in [-0.4, -0.2) is 24.4 Å². The fourth-order valence-corrected chi connectivity index (χ4v) is 2.72. The predicted octanol–water partition coefficient (Wildman–Crippen LogP) is 4.94. The van der Waals surface area contributed by atoms with Gasteiger partial charge in [0.25, 0.3) is 0 Å². The highest BCUT2D eigenvalue weighted by Gasteiger charge is 2.06. The molecule has 0 bridgehead atoms. The molecule has 4 heteroatoms. The molecule has 0 aliphatic rings. The highest BCUT2D eigenvalue weighted by Crippen LogP contribution is 2.22. The second kappa shape index (κ2) is 9.55. The van der Waals surface area contributed by atoms with Crippen LogP contribution < -0.4 is 10.1 Å². The Labute approximate surface area is 160 Å². The van der Waals surface area contributed by atoms with Crippen LogP contribution >= 0.6 is 0 Å². The molecule has 0 aliphatic heterocycles. The van der Waals surface area contributed by atoms with Gasteiger partial charge in [-0.3, -0.25) is 4.79 Å². The van der Waals surface area contributed by atoms with Crippen LogP contribution in [0.3, 0.4) is 0 Å². The largest absolute Gasteiger partial charge is 0.457 e. The quantitative estimate of drug-likeness (QED) is 0.619. The molecule has 3 aromatic rings. The molecule has 0 atom stereocenters. The maximum Gasteiger partial charge on any atom is 0.225 e. The predicted molar refractivity (Wildman–Crippen MR) is 109 cm³/mol. The Bertz CT molecular complexity index is 833. The first-order valence-corrected chi connectivity index (χ1v) is 9.04. The number of benzene rings is 3. The molecule has 0 aliphatic carbocycles. The van der Waals surface area contributed by atoms with E-state index in [0.717, 1.165) is 23.7 Å². The standard InChI is InChI=1S/C23H24N2O2/c1-25(18-19-8-4-2-5-9-19)17-16-23(26)24-20-12-14-22(15-13-20)27-21-10-6-3-7-11-21/h2-15H,16-18H2,1H3,(H,24,26). The fraction of sp³-hybridized carbons (Fsp3) is 0.174. The van der Waals surface area contributed by atoms with E-state index in [1.807, 2.05) is 79.8 Å². The lowest BCUT2D eigenvalue weighted by atomic mass is 10.2. The first-order valence-electron chi connectivity index (χ1n) is 9.04. The summed E-state index contributed by atoms with van der Waals surface area (Å²) in [6, 6.07) is 27.3. The van der Waals surface area contributed by atoms with Crippen molar-refractivity contribution in [1.29, 1.82) is 0 Å². The van der Waals surface area contributed by atoms with Crippen molar-refractivity contribution in [2.24, 2.45) is 0 Å². The normalized spacial score (nSPS) is 10.6. The molecule has 0 radical (unpaired) electrons. The van der Waals surface area contributed by atoms with Gasteiger partial charge in [-0.25, -0.2) is 0 Å². The van der Waals surface area contributed by atoms with E-state index in [1.165, 1.54) is 5.56 Å². The molecule has 27 heavy (non-hydrogen) atoms. The number of carbonyl (C=O) groups excluding carboxylic acids is 1. The minimum absolute atomic E-state index is 0.00615.